The van der Waals surface area contributed by atoms with Crippen LogP contribution in [0.25, 0.3) is 0 Å². The summed E-state index contributed by atoms with van der Waals surface area (Å²) < 4.78 is 10.6. The molecular formula is C11H16N2O4. The number of carbonyl (C=O) groups is 1. The van der Waals surface area contributed by atoms with Gasteiger partial charge in [0.1, 0.15) is 6.10 Å². The van der Waals surface area contributed by atoms with Crippen molar-refractivity contribution in [2.75, 3.05) is 18.9 Å². The molecule has 0 spiro atoms. The molecule has 1 aromatic rings. The molecule has 0 aromatic carbocycles. The Bertz CT molecular complexity index is 395. The van der Waals surface area contributed by atoms with Crippen molar-refractivity contribution >= 4 is 11.7 Å². The summed E-state index contributed by atoms with van der Waals surface area (Å²) in [6.07, 6.45) is 1.02. The SMILES string of the molecule is CCOCC(C)Oc1ncc(C(=O)O)cc1N. The van der Waals surface area contributed by atoms with Crippen molar-refractivity contribution in [3.05, 3.63) is 17.8 Å². The highest BCUT2D eigenvalue weighted by molar-refractivity contribution is 5.88. The molecule has 0 aliphatic rings. The monoisotopic (exact) mass is 240 g/mol. The molecule has 6 heteroatoms. The number of aromatic nitrogens is 1. The second-order valence-corrected chi connectivity index (χ2v) is 3.51. The molecule has 17 heavy (non-hydrogen) atoms. The summed E-state index contributed by atoms with van der Waals surface area (Å²) in [7, 11) is 0. The number of carboxylic acid groups (broad SMARTS) is 1. The van der Waals surface area contributed by atoms with E-state index >= 15 is 0 Å². The molecule has 0 aliphatic heterocycles. The predicted octanol–water partition coefficient (Wildman–Crippen LogP) is 1.17. The van der Waals surface area contributed by atoms with E-state index in [0.29, 0.717) is 13.2 Å². The Kier molecular flexibility index (Phi) is 4.71. The fourth-order valence-electron chi connectivity index (χ4n) is 1.19. The maximum Gasteiger partial charge on any atom is 0.337 e. The molecule has 1 aromatic heterocycles. The van der Waals surface area contributed by atoms with Gasteiger partial charge >= 0.3 is 5.97 Å². The molecule has 3 N–H and O–H groups in total. The van der Waals surface area contributed by atoms with Gasteiger partial charge in [0.15, 0.2) is 0 Å². The first kappa shape index (κ1) is 13.2. The summed E-state index contributed by atoms with van der Waals surface area (Å²) in [5.74, 6) is -0.847. The molecule has 0 radical (unpaired) electrons. The molecule has 1 rings (SSSR count). The van der Waals surface area contributed by atoms with Crippen molar-refractivity contribution in [3.8, 4) is 5.88 Å². The average molecular weight is 240 g/mol. The van der Waals surface area contributed by atoms with Gasteiger partial charge < -0.3 is 20.3 Å². The molecule has 94 valence electrons. The number of hydrogen-bond acceptors (Lipinski definition) is 5. The summed E-state index contributed by atoms with van der Waals surface area (Å²) in [4.78, 5) is 14.5. The molecule has 1 heterocycles. The quantitative estimate of drug-likeness (QED) is 0.775. The van der Waals surface area contributed by atoms with Gasteiger partial charge in [0.05, 0.1) is 17.9 Å². The minimum atomic E-state index is -1.07. The first-order chi connectivity index (χ1) is 8.04. The Morgan fingerprint density at radius 2 is 2.35 bits per heavy atom. The van der Waals surface area contributed by atoms with Crippen LogP contribution in [-0.4, -0.2) is 35.4 Å². The van der Waals surface area contributed by atoms with E-state index in [1.165, 1.54) is 12.3 Å². The maximum absolute atomic E-state index is 10.7. The molecule has 0 saturated heterocycles. The third kappa shape index (κ3) is 3.92. The Morgan fingerprint density at radius 3 is 2.88 bits per heavy atom. The Labute approximate surface area is 99.4 Å². The molecule has 0 fully saturated rings. The second-order valence-electron chi connectivity index (χ2n) is 3.51. The minimum Gasteiger partial charge on any atom is -0.478 e. The lowest BCUT2D eigenvalue weighted by Gasteiger charge is -2.14. The van der Waals surface area contributed by atoms with Crippen LogP contribution >= 0.6 is 0 Å². The van der Waals surface area contributed by atoms with Gasteiger partial charge in [0.25, 0.3) is 0 Å². The number of nitrogen functional groups attached to an aromatic ring is 1. The molecule has 0 aliphatic carbocycles. The van der Waals surface area contributed by atoms with Crippen LogP contribution in [0.15, 0.2) is 12.3 Å². The van der Waals surface area contributed by atoms with Gasteiger partial charge in [-0.25, -0.2) is 9.78 Å². The highest BCUT2D eigenvalue weighted by Gasteiger charge is 2.11. The van der Waals surface area contributed by atoms with Crippen molar-refractivity contribution < 1.29 is 19.4 Å². The Hall–Kier alpha value is -1.82. The van der Waals surface area contributed by atoms with Crippen molar-refractivity contribution in [1.82, 2.24) is 4.98 Å². The standard InChI is InChI=1S/C11H16N2O4/c1-3-16-6-7(2)17-10-9(12)4-8(5-13-10)11(14)15/h4-5,7H,3,6,12H2,1-2H3,(H,14,15). The number of nitrogens with zero attached hydrogens (tertiary/aromatic N) is 1. The smallest absolute Gasteiger partial charge is 0.337 e. The van der Waals surface area contributed by atoms with E-state index in [0.717, 1.165) is 0 Å². The molecule has 6 nitrogen and oxygen atoms in total. The summed E-state index contributed by atoms with van der Waals surface area (Å²) in [5, 5.41) is 8.74. The van der Waals surface area contributed by atoms with Gasteiger partial charge in [0, 0.05) is 12.8 Å². The van der Waals surface area contributed by atoms with Crippen LogP contribution in [0, 0.1) is 0 Å². The maximum atomic E-state index is 10.7. The molecule has 0 saturated carbocycles. The topological polar surface area (TPSA) is 94.7 Å². The van der Waals surface area contributed by atoms with Crippen molar-refractivity contribution in [1.29, 1.82) is 0 Å². The van der Waals surface area contributed by atoms with E-state index in [1.807, 2.05) is 13.8 Å². The van der Waals surface area contributed by atoms with Crippen LogP contribution in [0.3, 0.4) is 0 Å². The lowest BCUT2D eigenvalue weighted by Crippen LogP contribution is -2.20. The minimum absolute atomic E-state index is 0.0345. The third-order valence-electron chi connectivity index (χ3n) is 2.00. The Balaban J connectivity index is 2.69. The summed E-state index contributed by atoms with van der Waals surface area (Å²) in [5.41, 5.74) is 5.88. The highest BCUT2D eigenvalue weighted by Crippen LogP contribution is 2.20. The molecule has 0 amide bonds. The van der Waals surface area contributed by atoms with E-state index in [-0.39, 0.29) is 23.2 Å². The van der Waals surface area contributed by atoms with Crippen LogP contribution in [0.5, 0.6) is 5.88 Å². The number of hydrogen-bond donors (Lipinski definition) is 2. The van der Waals surface area contributed by atoms with Crippen LogP contribution in [0.1, 0.15) is 24.2 Å². The van der Waals surface area contributed by atoms with E-state index < -0.39 is 5.97 Å². The zero-order chi connectivity index (χ0) is 12.8. The van der Waals surface area contributed by atoms with Crippen molar-refractivity contribution in [3.63, 3.8) is 0 Å². The first-order valence-corrected chi connectivity index (χ1v) is 5.27. The van der Waals surface area contributed by atoms with Crippen LogP contribution in [-0.2, 0) is 4.74 Å². The fraction of sp³-hybridized carbons (Fsp3) is 0.455. The predicted molar refractivity (Wildman–Crippen MR) is 62.2 cm³/mol. The van der Waals surface area contributed by atoms with Crippen LogP contribution < -0.4 is 10.5 Å². The fourth-order valence-corrected chi connectivity index (χ4v) is 1.19. The van der Waals surface area contributed by atoms with E-state index in [2.05, 4.69) is 4.98 Å². The Morgan fingerprint density at radius 1 is 1.65 bits per heavy atom. The molecule has 1 unspecified atom stereocenters. The summed E-state index contributed by atoms with van der Waals surface area (Å²) in [6, 6.07) is 1.32. The average Bonchev–Trinajstić information content (AvgIpc) is 2.28. The number of ether oxygens (including phenoxy) is 2. The third-order valence-corrected chi connectivity index (χ3v) is 2.00. The van der Waals surface area contributed by atoms with Gasteiger partial charge in [-0.1, -0.05) is 0 Å². The number of rotatable bonds is 6. The van der Waals surface area contributed by atoms with Crippen molar-refractivity contribution in [2.24, 2.45) is 0 Å². The van der Waals surface area contributed by atoms with Crippen LogP contribution in [0.2, 0.25) is 0 Å². The number of pyridine rings is 1. The number of nitrogens with two attached hydrogens (primary N) is 1. The first-order valence-electron chi connectivity index (χ1n) is 5.27. The highest BCUT2D eigenvalue weighted by atomic mass is 16.5. The molecule has 1 atom stereocenters. The zero-order valence-electron chi connectivity index (χ0n) is 9.84. The van der Waals surface area contributed by atoms with Gasteiger partial charge in [-0.05, 0) is 19.9 Å². The zero-order valence-corrected chi connectivity index (χ0v) is 9.84. The van der Waals surface area contributed by atoms with Crippen molar-refractivity contribution in [2.45, 2.75) is 20.0 Å². The van der Waals surface area contributed by atoms with E-state index in [9.17, 15) is 4.79 Å². The van der Waals surface area contributed by atoms with E-state index in [1.54, 1.807) is 0 Å². The lowest BCUT2D eigenvalue weighted by atomic mass is 10.2. The second kappa shape index (κ2) is 6.05. The van der Waals surface area contributed by atoms with Gasteiger partial charge in [-0.2, -0.15) is 0 Å². The molecular weight excluding hydrogens is 224 g/mol. The number of carboxylic acids is 1. The van der Waals surface area contributed by atoms with Gasteiger partial charge in [-0.3, -0.25) is 0 Å². The normalized spacial score (nSPS) is 12.1. The number of aromatic carboxylic acids is 1. The van der Waals surface area contributed by atoms with E-state index in [4.69, 9.17) is 20.3 Å². The lowest BCUT2D eigenvalue weighted by molar-refractivity contribution is 0.0635. The van der Waals surface area contributed by atoms with Crippen LogP contribution in [0.4, 0.5) is 5.69 Å². The number of anilines is 1. The summed E-state index contributed by atoms with van der Waals surface area (Å²) >= 11 is 0. The van der Waals surface area contributed by atoms with Gasteiger partial charge in [0.2, 0.25) is 5.88 Å². The molecule has 0 bridgehead atoms. The summed E-state index contributed by atoms with van der Waals surface area (Å²) in [6.45, 7) is 4.75. The van der Waals surface area contributed by atoms with Gasteiger partial charge in [-0.15, -0.1) is 0 Å². The largest absolute Gasteiger partial charge is 0.478 e.